The van der Waals surface area contributed by atoms with Crippen LogP contribution in [0.2, 0.25) is 5.02 Å². The Morgan fingerprint density at radius 3 is 2.81 bits per heavy atom. The summed E-state index contributed by atoms with van der Waals surface area (Å²) in [6.45, 7) is 2.09. The van der Waals surface area contributed by atoms with Crippen molar-refractivity contribution >= 4 is 62.5 Å². The quantitative estimate of drug-likeness (QED) is 0.439. The number of nitrogens with one attached hydrogen (secondary N) is 1. The van der Waals surface area contributed by atoms with Gasteiger partial charge in [0.2, 0.25) is 5.91 Å². The van der Waals surface area contributed by atoms with E-state index in [-0.39, 0.29) is 24.1 Å². The van der Waals surface area contributed by atoms with Gasteiger partial charge in [0.15, 0.2) is 5.13 Å². The first-order valence-corrected chi connectivity index (χ1v) is 10.5. The van der Waals surface area contributed by atoms with E-state index in [9.17, 15) is 9.59 Å². The normalized spacial score (nSPS) is 10.7. The number of benzene rings is 2. The molecule has 0 atom stereocenters. The van der Waals surface area contributed by atoms with Gasteiger partial charge in [-0.05, 0) is 24.4 Å². The summed E-state index contributed by atoms with van der Waals surface area (Å²) < 4.78 is 4.89. The van der Waals surface area contributed by atoms with Crippen LogP contribution < -0.4 is 5.32 Å². The third kappa shape index (κ3) is 5.22. The first-order chi connectivity index (χ1) is 13.1. The molecule has 0 aliphatic rings. The number of rotatable bonds is 7. The molecule has 27 heavy (non-hydrogen) atoms. The molecule has 1 amide bonds. The number of esters is 1. The van der Waals surface area contributed by atoms with Gasteiger partial charge in [0.1, 0.15) is 0 Å². The monoisotopic (exact) mass is 420 g/mol. The summed E-state index contributed by atoms with van der Waals surface area (Å²) in [6.07, 6.45) is 0.101. The van der Waals surface area contributed by atoms with Crippen LogP contribution >= 0.6 is 34.7 Å². The van der Waals surface area contributed by atoms with Crippen molar-refractivity contribution in [3.05, 3.63) is 52.5 Å². The Kier molecular flexibility index (Phi) is 6.71. The Balaban J connectivity index is 1.59. The molecule has 5 nitrogen and oxygen atoms in total. The van der Waals surface area contributed by atoms with E-state index in [1.54, 1.807) is 12.3 Å². The van der Waals surface area contributed by atoms with E-state index in [2.05, 4.69) is 10.3 Å². The van der Waals surface area contributed by atoms with Gasteiger partial charge in [-0.1, -0.05) is 35.9 Å². The zero-order valence-electron chi connectivity index (χ0n) is 14.5. The van der Waals surface area contributed by atoms with Crippen LogP contribution in [0.3, 0.4) is 0 Å². The number of thioether (sulfide) groups is 1. The summed E-state index contributed by atoms with van der Waals surface area (Å²) in [4.78, 5) is 28.9. The number of carbonyl (C=O) groups is 2. The van der Waals surface area contributed by atoms with Gasteiger partial charge in [-0.3, -0.25) is 9.59 Å². The fourth-order valence-electron chi connectivity index (χ4n) is 2.49. The SMILES string of the molecule is CCOC(=O)Cc1csc(NC(=O)CSc2cccc3cccc(Cl)c23)n1. The van der Waals surface area contributed by atoms with Crippen LogP contribution in [0.4, 0.5) is 5.13 Å². The van der Waals surface area contributed by atoms with Crippen molar-refractivity contribution in [1.82, 2.24) is 4.98 Å². The molecule has 140 valence electrons. The number of ether oxygens (including phenoxy) is 1. The minimum Gasteiger partial charge on any atom is -0.466 e. The third-order valence-corrected chi connectivity index (χ3v) is 5.78. The molecule has 3 rings (SSSR count). The maximum atomic E-state index is 12.3. The number of fused-ring (bicyclic) bond motifs is 1. The zero-order valence-corrected chi connectivity index (χ0v) is 16.9. The molecule has 8 heteroatoms. The minimum absolute atomic E-state index is 0.101. The number of amides is 1. The molecule has 2 aromatic carbocycles. The van der Waals surface area contributed by atoms with Gasteiger partial charge in [-0.2, -0.15) is 0 Å². The molecule has 1 N–H and O–H groups in total. The molecule has 0 radical (unpaired) electrons. The maximum absolute atomic E-state index is 12.3. The highest BCUT2D eigenvalue weighted by molar-refractivity contribution is 8.00. The van der Waals surface area contributed by atoms with Crippen molar-refractivity contribution in [2.75, 3.05) is 17.7 Å². The lowest BCUT2D eigenvalue weighted by atomic mass is 10.1. The number of aromatic nitrogens is 1. The number of hydrogen-bond donors (Lipinski definition) is 1. The van der Waals surface area contributed by atoms with E-state index in [0.29, 0.717) is 22.5 Å². The molecule has 0 spiro atoms. The topological polar surface area (TPSA) is 68.3 Å². The van der Waals surface area contributed by atoms with E-state index in [0.717, 1.165) is 15.7 Å². The lowest BCUT2D eigenvalue weighted by Crippen LogP contribution is -2.14. The lowest BCUT2D eigenvalue weighted by Gasteiger charge is -2.07. The van der Waals surface area contributed by atoms with E-state index in [4.69, 9.17) is 16.3 Å². The Morgan fingerprint density at radius 2 is 2.04 bits per heavy atom. The lowest BCUT2D eigenvalue weighted by molar-refractivity contribution is -0.142. The van der Waals surface area contributed by atoms with Gasteiger partial charge < -0.3 is 10.1 Å². The van der Waals surface area contributed by atoms with E-state index < -0.39 is 0 Å². The van der Waals surface area contributed by atoms with Gasteiger partial charge in [0.05, 0.1) is 24.5 Å². The number of hydrogen-bond acceptors (Lipinski definition) is 6. The van der Waals surface area contributed by atoms with Crippen LogP contribution in [0.25, 0.3) is 10.8 Å². The summed E-state index contributed by atoms with van der Waals surface area (Å²) in [6, 6.07) is 11.6. The molecule has 0 saturated carbocycles. The van der Waals surface area contributed by atoms with Gasteiger partial charge in [0, 0.05) is 20.7 Å². The van der Waals surface area contributed by atoms with Crippen LogP contribution in [0.5, 0.6) is 0 Å². The standard InChI is InChI=1S/C19H17ClN2O3S2/c1-2-25-17(24)9-13-10-27-19(21-13)22-16(23)11-26-15-8-4-6-12-5-3-7-14(20)18(12)15/h3-8,10H,2,9,11H2,1H3,(H,21,22,23). The second kappa shape index (κ2) is 9.21. The van der Waals surface area contributed by atoms with Gasteiger partial charge in [-0.15, -0.1) is 23.1 Å². The molecular formula is C19H17ClN2O3S2. The largest absolute Gasteiger partial charge is 0.466 e. The molecule has 1 aromatic heterocycles. The summed E-state index contributed by atoms with van der Waals surface area (Å²) in [7, 11) is 0. The number of anilines is 1. The second-order valence-corrected chi connectivity index (χ2v) is 7.84. The highest BCUT2D eigenvalue weighted by atomic mass is 35.5. The van der Waals surface area contributed by atoms with Gasteiger partial charge >= 0.3 is 5.97 Å². The summed E-state index contributed by atoms with van der Waals surface area (Å²) in [5.74, 6) is -0.262. The molecule has 0 aliphatic carbocycles. The Morgan fingerprint density at radius 1 is 1.26 bits per heavy atom. The smallest absolute Gasteiger partial charge is 0.311 e. The fraction of sp³-hybridized carbons (Fsp3) is 0.211. The summed E-state index contributed by atoms with van der Waals surface area (Å²) in [5.41, 5.74) is 0.585. The van der Waals surface area contributed by atoms with Crippen molar-refractivity contribution in [2.45, 2.75) is 18.2 Å². The van der Waals surface area contributed by atoms with Crippen molar-refractivity contribution in [2.24, 2.45) is 0 Å². The molecular weight excluding hydrogens is 404 g/mol. The first-order valence-electron chi connectivity index (χ1n) is 8.26. The average molecular weight is 421 g/mol. The molecule has 0 unspecified atom stereocenters. The number of thiazole rings is 1. The van der Waals surface area contributed by atoms with Crippen LogP contribution in [0.15, 0.2) is 46.7 Å². The fourth-order valence-corrected chi connectivity index (χ4v) is 4.46. The predicted octanol–water partition coefficient (Wildman–Crippen LogP) is 4.79. The zero-order chi connectivity index (χ0) is 19.2. The van der Waals surface area contributed by atoms with Crippen LogP contribution in [0.1, 0.15) is 12.6 Å². The van der Waals surface area contributed by atoms with Crippen molar-refractivity contribution in [3.8, 4) is 0 Å². The second-order valence-electron chi connectivity index (χ2n) is 5.56. The van der Waals surface area contributed by atoms with E-state index in [1.165, 1.54) is 23.1 Å². The van der Waals surface area contributed by atoms with Crippen LogP contribution in [-0.2, 0) is 20.7 Å². The highest BCUT2D eigenvalue weighted by Crippen LogP contribution is 2.33. The van der Waals surface area contributed by atoms with Crippen LogP contribution in [-0.4, -0.2) is 29.2 Å². The molecule has 0 saturated heterocycles. The molecule has 0 fully saturated rings. The van der Waals surface area contributed by atoms with Crippen LogP contribution in [0, 0.1) is 0 Å². The Labute approximate surface area is 170 Å². The van der Waals surface area contributed by atoms with E-state index >= 15 is 0 Å². The highest BCUT2D eigenvalue weighted by Gasteiger charge is 2.12. The minimum atomic E-state index is -0.330. The Hall–Kier alpha value is -2.09. The summed E-state index contributed by atoms with van der Waals surface area (Å²) in [5, 5.41) is 7.63. The summed E-state index contributed by atoms with van der Waals surface area (Å²) >= 11 is 9.02. The molecule has 3 aromatic rings. The van der Waals surface area contributed by atoms with Gasteiger partial charge in [0.25, 0.3) is 0 Å². The molecule has 0 bridgehead atoms. The van der Waals surface area contributed by atoms with E-state index in [1.807, 2.05) is 36.4 Å². The van der Waals surface area contributed by atoms with Gasteiger partial charge in [-0.25, -0.2) is 4.98 Å². The van der Waals surface area contributed by atoms with Crippen molar-refractivity contribution in [3.63, 3.8) is 0 Å². The number of halogens is 1. The average Bonchev–Trinajstić information content (AvgIpc) is 3.07. The maximum Gasteiger partial charge on any atom is 0.311 e. The molecule has 1 heterocycles. The van der Waals surface area contributed by atoms with Crippen molar-refractivity contribution in [1.29, 1.82) is 0 Å². The first kappa shape index (κ1) is 19.7. The van der Waals surface area contributed by atoms with Crippen molar-refractivity contribution < 1.29 is 14.3 Å². The predicted molar refractivity (Wildman–Crippen MR) is 111 cm³/mol. The molecule has 0 aliphatic heterocycles. The number of nitrogens with zero attached hydrogens (tertiary/aromatic N) is 1. The Bertz CT molecular complexity index is 969. The number of carbonyl (C=O) groups excluding carboxylic acids is 2. The third-order valence-electron chi connectivity index (χ3n) is 3.60.